The molecule has 2 saturated heterocycles. The molecule has 1 aromatic carbocycles. The molecule has 21 heavy (non-hydrogen) atoms. The van der Waals surface area contributed by atoms with Gasteiger partial charge in [-0.15, -0.1) is 0 Å². The van der Waals surface area contributed by atoms with Crippen LogP contribution in [0.25, 0.3) is 0 Å². The van der Waals surface area contributed by atoms with Crippen molar-refractivity contribution in [2.24, 2.45) is 0 Å². The number of hydrogen-bond donors (Lipinski definition) is 1. The minimum atomic E-state index is -0.758. The van der Waals surface area contributed by atoms with Gasteiger partial charge in [-0.3, -0.25) is 15.0 Å². The molecule has 0 unspecified atom stereocenters. The Balaban J connectivity index is 1.74. The second-order valence-electron chi connectivity index (χ2n) is 5.36. The van der Waals surface area contributed by atoms with Gasteiger partial charge in [0.2, 0.25) is 0 Å². The highest BCUT2D eigenvalue weighted by Gasteiger charge is 2.35. The number of halogens is 2. The van der Waals surface area contributed by atoms with Crippen molar-refractivity contribution in [3.05, 3.63) is 33.1 Å². The molecule has 0 aromatic heterocycles. The zero-order chi connectivity index (χ0) is 15.0. The van der Waals surface area contributed by atoms with Crippen LogP contribution < -0.4 is 10.2 Å². The molecule has 0 aliphatic carbocycles. The van der Waals surface area contributed by atoms with Gasteiger partial charge in [0.25, 0.3) is 5.69 Å². The van der Waals surface area contributed by atoms with E-state index in [1.165, 1.54) is 6.07 Å². The van der Waals surface area contributed by atoms with Crippen molar-refractivity contribution in [2.75, 3.05) is 44.2 Å². The molecule has 2 aliphatic rings. The van der Waals surface area contributed by atoms with Crippen LogP contribution in [0.5, 0.6) is 0 Å². The average Bonchev–Trinajstić information content (AvgIpc) is 2.41. The van der Waals surface area contributed by atoms with Gasteiger partial charge in [0.1, 0.15) is 11.5 Å². The summed E-state index contributed by atoms with van der Waals surface area (Å²) >= 11 is 5.76. The monoisotopic (exact) mass is 314 g/mol. The van der Waals surface area contributed by atoms with Crippen LogP contribution in [0.4, 0.5) is 15.8 Å². The standard InChI is InChI=1S/C13H16ClFN4O2/c14-10-5-12(13(19(20)21)6-11(10)15)18-7-9(8-18)17-3-1-16-2-4-17/h5-6,9,16H,1-4,7-8H2. The SMILES string of the molecule is O=[N+]([O-])c1cc(F)c(Cl)cc1N1CC(N2CCNCC2)C1. The van der Waals surface area contributed by atoms with Gasteiger partial charge >= 0.3 is 0 Å². The first-order valence-electron chi connectivity index (χ1n) is 6.89. The number of nitro benzene ring substituents is 1. The van der Waals surface area contributed by atoms with E-state index in [0.29, 0.717) is 24.8 Å². The predicted octanol–water partition coefficient (Wildman–Crippen LogP) is 1.48. The van der Waals surface area contributed by atoms with E-state index in [1.807, 2.05) is 4.90 Å². The van der Waals surface area contributed by atoms with Crippen molar-refractivity contribution in [1.82, 2.24) is 10.2 Å². The molecule has 2 heterocycles. The normalized spacial score (nSPS) is 20.4. The van der Waals surface area contributed by atoms with E-state index in [1.54, 1.807) is 0 Å². The number of nitro groups is 1. The maximum Gasteiger partial charge on any atom is 0.295 e. The Kier molecular flexibility index (Phi) is 3.97. The van der Waals surface area contributed by atoms with Crippen molar-refractivity contribution in [2.45, 2.75) is 6.04 Å². The molecule has 0 atom stereocenters. The van der Waals surface area contributed by atoms with Crippen molar-refractivity contribution in [3.8, 4) is 0 Å². The molecule has 2 fully saturated rings. The van der Waals surface area contributed by atoms with Crippen LogP contribution in [-0.2, 0) is 0 Å². The van der Waals surface area contributed by atoms with Crippen LogP contribution in [0.1, 0.15) is 0 Å². The summed E-state index contributed by atoms with van der Waals surface area (Å²) in [4.78, 5) is 14.8. The fourth-order valence-electron chi connectivity index (χ4n) is 2.86. The highest BCUT2D eigenvalue weighted by Crippen LogP contribution is 2.36. The number of benzene rings is 1. The number of nitrogens with zero attached hydrogens (tertiary/aromatic N) is 3. The molecule has 1 N–H and O–H groups in total. The quantitative estimate of drug-likeness (QED) is 0.676. The molecule has 1 aromatic rings. The van der Waals surface area contributed by atoms with E-state index in [2.05, 4.69) is 10.2 Å². The zero-order valence-electron chi connectivity index (χ0n) is 11.4. The van der Waals surface area contributed by atoms with Gasteiger partial charge in [0.05, 0.1) is 16.0 Å². The van der Waals surface area contributed by atoms with Crippen molar-refractivity contribution in [1.29, 1.82) is 0 Å². The van der Waals surface area contributed by atoms with Crippen LogP contribution in [0.3, 0.4) is 0 Å². The van der Waals surface area contributed by atoms with Crippen molar-refractivity contribution in [3.63, 3.8) is 0 Å². The maximum absolute atomic E-state index is 13.4. The van der Waals surface area contributed by atoms with E-state index < -0.39 is 10.7 Å². The first-order chi connectivity index (χ1) is 10.1. The Hall–Kier alpha value is -1.44. The summed E-state index contributed by atoms with van der Waals surface area (Å²) in [7, 11) is 0. The summed E-state index contributed by atoms with van der Waals surface area (Å²) in [5.41, 5.74) is 0.174. The lowest BCUT2D eigenvalue weighted by atomic mass is 10.0. The van der Waals surface area contributed by atoms with Gasteiger partial charge < -0.3 is 10.2 Å². The van der Waals surface area contributed by atoms with E-state index in [0.717, 1.165) is 32.2 Å². The fraction of sp³-hybridized carbons (Fsp3) is 0.538. The molecule has 3 rings (SSSR count). The van der Waals surface area contributed by atoms with Gasteiger partial charge in [-0.2, -0.15) is 0 Å². The summed E-state index contributed by atoms with van der Waals surface area (Å²) in [6.45, 7) is 5.35. The summed E-state index contributed by atoms with van der Waals surface area (Å²) in [6, 6.07) is 2.65. The lowest BCUT2D eigenvalue weighted by molar-refractivity contribution is -0.384. The molecular weight excluding hydrogens is 299 g/mol. The number of nitrogens with one attached hydrogen (secondary N) is 1. The van der Waals surface area contributed by atoms with Gasteiger partial charge in [-0.1, -0.05) is 11.6 Å². The molecular formula is C13H16ClFN4O2. The topological polar surface area (TPSA) is 61.7 Å². The highest BCUT2D eigenvalue weighted by molar-refractivity contribution is 6.31. The van der Waals surface area contributed by atoms with Crippen molar-refractivity contribution >= 4 is 23.0 Å². The van der Waals surface area contributed by atoms with Crippen LogP contribution in [0.15, 0.2) is 12.1 Å². The molecule has 8 heteroatoms. The molecule has 0 spiro atoms. The zero-order valence-corrected chi connectivity index (χ0v) is 12.1. The van der Waals surface area contributed by atoms with E-state index in [-0.39, 0.29) is 10.7 Å². The maximum atomic E-state index is 13.4. The first kappa shape index (κ1) is 14.5. The Morgan fingerprint density at radius 1 is 1.33 bits per heavy atom. The van der Waals surface area contributed by atoms with Gasteiger partial charge in [-0.25, -0.2) is 4.39 Å². The lowest BCUT2D eigenvalue weighted by Crippen LogP contribution is -2.63. The third-order valence-corrected chi connectivity index (χ3v) is 4.37. The minimum absolute atomic E-state index is 0.0822. The minimum Gasteiger partial charge on any atom is -0.363 e. The first-order valence-corrected chi connectivity index (χ1v) is 7.27. The third kappa shape index (κ3) is 2.81. The molecule has 0 radical (unpaired) electrons. The van der Waals surface area contributed by atoms with E-state index in [4.69, 9.17) is 11.6 Å². The predicted molar refractivity (Wildman–Crippen MR) is 78.5 cm³/mol. The molecule has 6 nitrogen and oxygen atoms in total. The summed E-state index contributed by atoms with van der Waals surface area (Å²) in [6.07, 6.45) is 0. The van der Waals surface area contributed by atoms with Crippen LogP contribution in [-0.4, -0.2) is 55.1 Å². The number of hydrogen-bond acceptors (Lipinski definition) is 5. The molecule has 2 aliphatic heterocycles. The second-order valence-corrected chi connectivity index (χ2v) is 5.76. The van der Waals surface area contributed by atoms with Crippen LogP contribution >= 0.6 is 11.6 Å². The molecule has 0 amide bonds. The molecule has 0 saturated carbocycles. The summed E-state index contributed by atoms with van der Waals surface area (Å²) < 4.78 is 13.4. The largest absolute Gasteiger partial charge is 0.363 e. The van der Waals surface area contributed by atoms with Crippen LogP contribution in [0.2, 0.25) is 5.02 Å². The smallest absolute Gasteiger partial charge is 0.295 e. The number of piperazine rings is 1. The molecule has 114 valence electrons. The number of rotatable bonds is 3. The fourth-order valence-corrected chi connectivity index (χ4v) is 3.01. The van der Waals surface area contributed by atoms with Gasteiger partial charge in [0, 0.05) is 45.3 Å². The Labute approximate surface area is 126 Å². The van der Waals surface area contributed by atoms with Crippen LogP contribution in [0, 0.1) is 15.9 Å². The van der Waals surface area contributed by atoms with E-state index >= 15 is 0 Å². The van der Waals surface area contributed by atoms with Crippen molar-refractivity contribution < 1.29 is 9.31 Å². The Morgan fingerprint density at radius 2 is 2.00 bits per heavy atom. The molecule has 0 bridgehead atoms. The van der Waals surface area contributed by atoms with E-state index in [9.17, 15) is 14.5 Å². The van der Waals surface area contributed by atoms with Gasteiger partial charge in [0.15, 0.2) is 0 Å². The summed E-state index contributed by atoms with van der Waals surface area (Å²) in [5.74, 6) is -0.758. The third-order valence-electron chi connectivity index (χ3n) is 4.09. The lowest BCUT2D eigenvalue weighted by Gasteiger charge is -2.47. The Morgan fingerprint density at radius 3 is 2.62 bits per heavy atom. The number of anilines is 1. The second kappa shape index (κ2) is 5.75. The summed E-state index contributed by atoms with van der Waals surface area (Å²) in [5, 5.41) is 14.3. The Bertz CT molecular complexity index is 559. The average molecular weight is 315 g/mol. The van der Waals surface area contributed by atoms with Gasteiger partial charge in [-0.05, 0) is 6.07 Å². The highest BCUT2D eigenvalue weighted by atomic mass is 35.5.